The maximum absolute atomic E-state index is 5.44. The lowest BCUT2D eigenvalue weighted by Crippen LogP contribution is -2.49. The fraction of sp³-hybridized carbons (Fsp3) is 0.542. The van der Waals surface area contributed by atoms with E-state index >= 15 is 0 Å². The van der Waals surface area contributed by atoms with Crippen molar-refractivity contribution in [1.29, 1.82) is 0 Å². The molecule has 1 fully saturated rings. The number of likely N-dealkylation sites (tertiary alicyclic amines) is 1. The molecule has 1 aromatic heterocycles. The van der Waals surface area contributed by atoms with Gasteiger partial charge in [0.2, 0.25) is 0 Å². The van der Waals surface area contributed by atoms with Crippen LogP contribution in [0.3, 0.4) is 0 Å². The Balaban J connectivity index is 0.00000363. The number of rotatable bonds is 11. The van der Waals surface area contributed by atoms with Crippen molar-refractivity contribution >= 4 is 29.9 Å². The van der Waals surface area contributed by atoms with Crippen LogP contribution in [-0.4, -0.2) is 63.9 Å². The zero-order chi connectivity index (χ0) is 21.7. The smallest absolute Gasteiger partial charge is 0.191 e. The number of nitrogens with zero attached hydrogens (tertiary/aromatic N) is 2. The zero-order valence-electron chi connectivity index (χ0n) is 19.2. The number of hydrogen-bond acceptors (Lipinski definition) is 5. The van der Waals surface area contributed by atoms with Crippen molar-refractivity contribution < 1.29 is 13.9 Å². The van der Waals surface area contributed by atoms with Gasteiger partial charge in [0.25, 0.3) is 0 Å². The number of ether oxygens (including phenoxy) is 2. The van der Waals surface area contributed by atoms with Crippen LogP contribution < -0.4 is 15.4 Å². The van der Waals surface area contributed by atoms with Crippen LogP contribution in [0.15, 0.2) is 52.1 Å². The molecule has 3 rings (SSSR count). The number of furan rings is 1. The summed E-state index contributed by atoms with van der Waals surface area (Å²) in [5.74, 6) is 2.70. The molecule has 178 valence electrons. The molecule has 2 heterocycles. The average Bonchev–Trinajstić information content (AvgIpc) is 3.32. The quantitative estimate of drug-likeness (QED) is 0.191. The first-order chi connectivity index (χ1) is 15.3. The lowest BCUT2D eigenvalue weighted by molar-refractivity contribution is 0.155. The van der Waals surface area contributed by atoms with E-state index in [1.54, 1.807) is 20.5 Å². The molecule has 1 aliphatic heterocycles. The third-order valence-corrected chi connectivity index (χ3v) is 5.57. The molecule has 1 aromatic carbocycles. The lowest BCUT2D eigenvalue weighted by atomic mass is 10.1. The molecular weight excluding hydrogens is 519 g/mol. The highest BCUT2D eigenvalue weighted by molar-refractivity contribution is 14.0. The van der Waals surface area contributed by atoms with Crippen LogP contribution in [0.5, 0.6) is 5.75 Å². The number of hydrogen-bond donors (Lipinski definition) is 2. The van der Waals surface area contributed by atoms with Crippen molar-refractivity contribution in [3.05, 3.63) is 54.0 Å². The number of guanidine groups is 1. The predicted molar refractivity (Wildman–Crippen MR) is 139 cm³/mol. The Morgan fingerprint density at radius 3 is 2.59 bits per heavy atom. The Bertz CT molecular complexity index is 760. The molecule has 0 atom stereocenters. The summed E-state index contributed by atoms with van der Waals surface area (Å²) in [7, 11) is 3.45. The molecule has 2 aromatic rings. The van der Waals surface area contributed by atoms with Gasteiger partial charge in [-0.1, -0.05) is 12.1 Å². The number of aliphatic imine (C=N–C) groups is 1. The van der Waals surface area contributed by atoms with Crippen LogP contribution in [0.25, 0.3) is 0 Å². The maximum atomic E-state index is 5.44. The third-order valence-electron chi connectivity index (χ3n) is 5.57. The average molecular weight is 556 g/mol. The van der Waals surface area contributed by atoms with Crippen LogP contribution in [0.1, 0.15) is 30.6 Å². The minimum atomic E-state index is 0. The first-order valence-electron chi connectivity index (χ1n) is 11.2. The summed E-state index contributed by atoms with van der Waals surface area (Å²) >= 11 is 0. The number of nitrogens with one attached hydrogen (secondary N) is 2. The number of piperidine rings is 1. The number of methoxy groups -OCH3 is 2. The van der Waals surface area contributed by atoms with Gasteiger partial charge in [0.1, 0.15) is 11.5 Å². The highest BCUT2D eigenvalue weighted by atomic mass is 127. The minimum absolute atomic E-state index is 0. The molecule has 0 aliphatic carbocycles. The van der Waals surface area contributed by atoms with Gasteiger partial charge in [0.05, 0.1) is 19.9 Å². The molecule has 7 nitrogen and oxygen atoms in total. The molecule has 0 spiro atoms. The van der Waals surface area contributed by atoms with E-state index in [-0.39, 0.29) is 24.0 Å². The lowest BCUT2D eigenvalue weighted by Gasteiger charge is -2.33. The monoisotopic (exact) mass is 556 g/mol. The van der Waals surface area contributed by atoms with E-state index in [1.165, 1.54) is 0 Å². The first-order valence-corrected chi connectivity index (χ1v) is 11.2. The Hall–Kier alpha value is -1.78. The third kappa shape index (κ3) is 9.38. The topological polar surface area (TPSA) is 71.3 Å². The van der Waals surface area contributed by atoms with Crippen LogP contribution in [-0.2, 0) is 17.7 Å². The van der Waals surface area contributed by atoms with E-state index in [2.05, 4.69) is 27.7 Å². The Morgan fingerprint density at radius 1 is 1.16 bits per heavy atom. The van der Waals surface area contributed by atoms with E-state index < -0.39 is 0 Å². The molecule has 0 amide bonds. The normalized spacial score (nSPS) is 15.2. The van der Waals surface area contributed by atoms with Crippen LogP contribution in [0.4, 0.5) is 0 Å². The summed E-state index contributed by atoms with van der Waals surface area (Å²) in [6.07, 6.45) is 5.88. The summed E-state index contributed by atoms with van der Waals surface area (Å²) in [6.45, 7) is 5.56. The van der Waals surface area contributed by atoms with Crippen LogP contribution in [0, 0.1) is 0 Å². The standard InChI is InChI=1S/C24H36N4O3.HI/c1-29-17-4-14-28-15-11-21(12-16-28)27-24(25-13-10-23-5-3-18-31-23)26-19-20-6-8-22(30-2)9-7-20;/h3,5-9,18,21H,4,10-17,19H2,1-2H3,(H2,25,26,27);1H. The van der Waals surface area contributed by atoms with Crippen molar-refractivity contribution in [3.8, 4) is 5.75 Å². The number of benzene rings is 1. The van der Waals surface area contributed by atoms with Crippen molar-refractivity contribution in [2.75, 3.05) is 47.0 Å². The van der Waals surface area contributed by atoms with E-state index in [9.17, 15) is 0 Å². The second-order valence-corrected chi connectivity index (χ2v) is 7.88. The van der Waals surface area contributed by atoms with E-state index in [1.807, 2.05) is 24.3 Å². The van der Waals surface area contributed by atoms with Gasteiger partial charge in [-0.25, -0.2) is 4.99 Å². The summed E-state index contributed by atoms with van der Waals surface area (Å²) in [5, 5.41) is 7.12. The van der Waals surface area contributed by atoms with Gasteiger partial charge in [-0.15, -0.1) is 24.0 Å². The molecule has 8 heteroatoms. The highest BCUT2D eigenvalue weighted by Gasteiger charge is 2.19. The molecule has 32 heavy (non-hydrogen) atoms. The van der Waals surface area contributed by atoms with Gasteiger partial charge in [0, 0.05) is 52.4 Å². The van der Waals surface area contributed by atoms with Crippen LogP contribution >= 0.6 is 24.0 Å². The minimum Gasteiger partial charge on any atom is -0.497 e. The van der Waals surface area contributed by atoms with Crippen molar-refractivity contribution in [3.63, 3.8) is 0 Å². The molecule has 0 unspecified atom stereocenters. The van der Waals surface area contributed by atoms with Gasteiger partial charge in [0.15, 0.2) is 5.96 Å². The van der Waals surface area contributed by atoms with Crippen molar-refractivity contribution in [2.45, 2.75) is 38.3 Å². The summed E-state index contributed by atoms with van der Waals surface area (Å²) in [6, 6.07) is 12.4. The zero-order valence-corrected chi connectivity index (χ0v) is 21.5. The molecule has 0 radical (unpaired) electrons. The van der Waals surface area contributed by atoms with Crippen LogP contribution in [0.2, 0.25) is 0 Å². The molecule has 0 bridgehead atoms. The molecule has 0 saturated carbocycles. The SMILES string of the molecule is COCCCN1CCC(NC(=NCc2ccc(OC)cc2)NCCc2ccco2)CC1.I. The fourth-order valence-electron chi connectivity index (χ4n) is 3.74. The second kappa shape index (κ2) is 15.1. The van der Waals surface area contributed by atoms with Crippen molar-refractivity contribution in [1.82, 2.24) is 15.5 Å². The molecular formula is C24H37IN4O3. The first kappa shape index (κ1) is 26.5. The Labute approximate surface area is 209 Å². The van der Waals surface area contributed by atoms with E-state index in [0.717, 1.165) is 81.5 Å². The Morgan fingerprint density at radius 2 is 1.94 bits per heavy atom. The molecule has 1 aliphatic rings. The van der Waals surface area contributed by atoms with E-state index in [0.29, 0.717) is 12.6 Å². The molecule has 2 N–H and O–H groups in total. The van der Waals surface area contributed by atoms with Gasteiger partial charge in [-0.3, -0.25) is 0 Å². The fourth-order valence-corrected chi connectivity index (χ4v) is 3.74. The maximum Gasteiger partial charge on any atom is 0.191 e. The highest BCUT2D eigenvalue weighted by Crippen LogP contribution is 2.13. The number of halogens is 1. The van der Waals surface area contributed by atoms with E-state index in [4.69, 9.17) is 18.9 Å². The van der Waals surface area contributed by atoms with Crippen molar-refractivity contribution in [2.24, 2.45) is 4.99 Å². The largest absolute Gasteiger partial charge is 0.497 e. The molecule has 1 saturated heterocycles. The summed E-state index contributed by atoms with van der Waals surface area (Å²) < 4.78 is 15.9. The van der Waals surface area contributed by atoms with Gasteiger partial charge in [-0.2, -0.15) is 0 Å². The Kier molecular flexibility index (Phi) is 12.5. The summed E-state index contributed by atoms with van der Waals surface area (Å²) in [5.41, 5.74) is 1.15. The van der Waals surface area contributed by atoms with Gasteiger partial charge < -0.3 is 29.4 Å². The van der Waals surface area contributed by atoms with Gasteiger partial charge >= 0.3 is 0 Å². The second-order valence-electron chi connectivity index (χ2n) is 7.88. The predicted octanol–water partition coefficient (Wildman–Crippen LogP) is 3.69. The van der Waals surface area contributed by atoms with Gasteiger partial charge in [-0.05, 0) is 49.1 Å². The summed E-state index contributed by atoms with van der Waals surface area (Å²) in [4.78, 5) is 7.36.